The molecule has 0 aliphatic heterocycles. The molecule has 1 saturated carbocycles. The van der Waals surface area contributed by atoms with Crippen molar-refractivity contribution in [1.82, 2.24) is 0 Å². The van der Waals surface area contributed by atoms with Crippen molar-refractivity contribution in [3.05, 3.63) is 24.3 Å². The van der Waals surface area contributed by atoms with Gasteiger partial charge < -0.3 is 9.47 Å². The number of benzene rings is 1. The molecule has 2 rings (SSSR count). The molecule has 0 N–H and O–H groups in total. The van der Waals surface area contributed by atoms with E-state index in [1.54, 1.807) is 24.3 Å². The fraction of sp³-hybridized carbons (Fsp3) is 0.562. The van der Waals surface area contributed by atoms with Gasteiger partial charge in [-0.05, 0) is 55.9 Å². The quantitative estimate of drug-likeness (QED) is 0.608. The molecule has 0 amide bonds. The van der Waals surface area contributed by atoms with Crippen LogP contribution in [-0.2, 0) is 4.79 Å². The summed E-state index contributed by atoms with van der Waals surface area (Å²) in [5, 5.41) is 0. The van der Waals surface area contributed by atoms with Crippen LogP contribution in [0.3, 0.4) is 0 Å². The number of hydrogen-bond donors (Lipinski definition) is 0. The Labute approximate surface area is 119 Å². The molecule has 1 aliphatic carbocycles. The minimum absolute atomic E-state index is 0.0219. The molecule has 0 spiro atoms. The highest BCUT2D eigenvalue weighted by Crippen LogP contribution is 2.29. The molecule has 0 aromatic heterocycles. The van der Waals surface area contributed by atoms with E-state index < -0.39 is 6.67 Å². The Balaban J connectivity index is 1.84. The van der Waals surface area contributed by atoms with Crippen LogP contribution in [0.4, 0.5) is 4.39 Å². The summed E-state index contributed by atoms with van der Waals surface area (Å²) < 4.78 is 22.5. The molecule has 1 fully saturated rings. The predicted molar refractivity (Wildman–Crippen MR) is 74.7 cm³/mol. The molecule has 0 radical (unpaired) electrons. The van der Waals surface area contributed by atoms with Crippen LogP contribution in [0.2, 0.25) is 0 Å². The van der Waals surface area contributed by atoms with Crippen molar-refractivity contribution in [3.8, 4) is 11.5 Å². The van der Waals surface area contributed by atoms with E-state index in [4.69, 9.17) is 9.47 Å². The first-order chi connectivity index (χ1) is 9.69. The molecule has 0 atom stereocenters. The van der Waals surface area contributed by atoms with Gasteiger partial charge in [-0.1, -0.05) is 6.92 Å². The van der Waals surface area contributed by atoms with Crippen molar-refractivity contribution in [1.29, 1.82) is 0 Å². The second kappa shape index (κ2) is 7.27. The number of hydrogen-bond acceptors (Lipinski definition) is 3. The van der Waals surface area contributed by atoms with Crippen molar-refractivity contribution in [3.63, 3.8) is 0 Å². The molecular formula is C16H21FO3. The lowest BCUT2D eigenvalue weighted by molar-refractivity contribution is -0.140. The second-order valence-electron chi connectivity index (χ2n) is 5.39. The minimum atomic E-state index is -0.517. The van der Waals surface area contributed by atoms with E-state index in [2.05, 4.69) is 6.92 Å². The summed E-state index contributed by atoms with van der Waals surface area (Å²) in [5.41, 5.74) is 0. The highest BCUT2D eigenvalue weighted by atomic mass is 19.1. The molecule has 3 nitrogen and oxygen atoms in total. The maximum absolute atomic E-state index is 12.0. The van der Waals surface area contributed by atoms with Crippen molar-refractivity contribution in [2.45, 2.75) is 32.6 Å². The monoisotopic (exact) mass is 280 g/mol. The summed E-state index contributed by atoms with van der Waals surface area (Å²) in [6.45, 7) is 1.74. The summed E-state index contributed by atoms with van der Waals surface area (Å²) in [6, 6.07) is 6.72. The number of alkyl halides is 1. The topological polar surface area (TPSA) is 35.5 Å². The van der Waals surface area contributed by atoms with E-state index in [1.165, 1.54) is 0 Å². The lowest BCUT2D eigenvalue weighted by Gasteiger charge is -2.24. The Bertz CT molecular complexity index is 422. The second-order valence-corrected chi connectivity index (χ2v) is 5.39. The summed E-state index contributed by atoms with van der Waals surface area (Å²) in [6.07, 6.45) is 4.01. The van der Waals surface area contributed by atoms with Gasteiger partial charge in [0.1, 0.15) is 24.8 Å². The maximum Gasteiger partial charge on any atom is 0.314 e. The zero-order valence-electron chi connectivity index (χ0n) is 11.8. The highest BCUT2D eigenvalue weighted by Gasteiger charge is 2.25. The zero-order valence-corrected chi connectivity index (χ0v) is 11.8. The maximum atomic E-state index is 12.0. The van der Waals surface area contributed by atoms with Gasteiger partial charge in [-0.15, -0.1) is 0 Å². The van der Waals surface area contributed by atoms with Crippen LogP contribution in [0.25, 0.3) is 0 Å². The number of carbonyl (C=O) groups excluding carboxylic acids is 1. The minimum Gasteiger partial charge on any atom is -0.491 e. The van der Waals surface area contributed by atoms with E-state index in [1.807, 2.05) is 0 Å². The first-order valence-electron chi connectivity index (χ1n) is 7.19. The Morgan fingerprint density at radius 3 is 2.35 bits per heavy atom. The summed E-state index contributed by atoms with van der Waals surface area (Å²) in [4.78, 5) is 12.0. The summed E-state index contributed by atoms with van der Waals surface area (Å²) in [5.74, 6) is 1.68. The molecule has 4 heteroatoms. The van der Waals surface area contributed by atoms with Crippen LogP contribution < -0.4 is 9.47 Å². The number of halogens is 1. The average Bonchev–Trinajstić information content (AvgIpc) is 2.47. The zero-order chi connectivity index (χ0) is 14.4. The lowest BCUT2D eigenvalue weighted by Crippen LogP contribution is -2.24. The van der Waals surface area contributed by atoms with E-state index in [0.717, 1.165) is 25.7 Å². The third-order valence-electron chi connectivity index (χ3n) is 3.74. The summed E-state index contributed by atoms with van der Waals surface area (Å²) >= 11 is 0. The first kappa shape index (κ1) is 14.8. The molecule has 110 valence electrons. The Kier molecular flexibility index (Phi) is 5.39. The molecule has 0 bridgehead atoms. The molecule has 0 unspecified atom stereocenters. The van der Waals surface area contributed by atoms with E-state index in [0.29, 0.717) is 17.4 Å². The number of rotatable bonds is 5. The largest absolute Gasteiger partial charge is 0.491 e. The van der Waals surface area contributed by atoms with Crippen LogP contribution in [0.1, 0.15) is 32.6 Å². The fourth-order valence-electron chi connectivity index (χ4n) is 2.46. The molecule has 0 saturated heterocycles. The normalized spacial score (nSPS) is 22.3. The SMILES string of the molecule is CC1CCC(C(=O)Oc2ccc(OCCF)cc2)CC1. The van der Waals surface area contributed by atoms with Crippen LogP contribution in [0.15, 0.2) is 24.3 Å². The van der Waals surface area contributed by atoms with Crippen LogP contribution in [0, 0.1) is 11.8 Å². The standard InChI is InChI=1S/C16H21FO3/c1-12-2-4-13(5-3-12)16(18)20-15-8-6-14(7-9-15)19-11-10-17/h6-9,12-13H,2-5,10-11H2,1H3. The van der Waals surface area contributed by atoms with E-state index >= 15 is 0 Å². The van der Waals surface area contributed by atoms with Crippen molar-refractivity contribution in [2.75, 3.05) is 13.3 Å². The number of carbonyl (C=O) groups is 1. The third kappa shape index (κ3) is 4.22. The van der Waals surface area contributed by atoms with E-state index in [-0.39, 0.29) is 18.5 Å². The van der Waals surface area contributed by atoms with Gasteiger partial charge in [0.2, 0.25) is 0 Å². The first-order valence-corrected chi connectivity index (χ1v) is 7.19. The van der Waals surface area contributed by atoms with Gasteiger partial charge in [-0.2, -0.15) is 0 Å². The van der Waals surface area contributed by atoms with Gasteiger partial charge >= 0.3 is 5.97 Å². The Morgan fingerprint density at radius 2 is 1.75 bits per heavy atom. The van der Waals surface area contributed by atoms with Gasteiger partial charge in [0.05, 0.1) is 5.92 Å². The smallest absolute Gasteiger partial charge is 0.314 e. The van der Waals surface area contributed by atoms with Crippen molar-refractivity contribution < 1.29 is 18.7 Å². The molecule has 0 heterocycles. The number of esters is 1. The molecule has 1 aliphatic rings. The fourth-order valence-corrected chi connectivity index (χ4v) is 2.46. The molecular weight excluding hydrogens is 259 g/mol. The highest BCUT2D eigenvalue weighted by molar-refractivity contribution is 5.75. The Hall–Kier alpha value is -1.58. The van der Waals surface area contributed by atoms with Crippen molar-refractivity contribution >= 4 is 5.97 Å². The van der Waals surface area contributed by atoms with E-state index in [9.17, 15) is 9.18 Å². The lowest BCUT2D eigenvalue weighted by atomic mass is 9.83. The van der Waals surface area contributed by atoms with Gasteiger partial charge in [0.15, 0.2) is 0 Å². The van der Waals surface area contributed by atoms with Crippen LogP contribution in [-0.4, -0.2) is 19.3 Å². The van der Waals surface area contributed by atoms with Gasteiger partial charge in [0, 0.05) is 0 Å². The molecule has 1 aromatic rings. The van der Waals surface area contributed by atoms with Gasteiger partial charge in [-0.25, -0.2) is 4.39 Å². The van der Waals surface area contributed by atoms with Gasteiger partial charge in [-0.3, -0.25) is 4.79 Å². The molecule has 20 heavy (non-hydrogen) atoms. The predicted octanol–water partition coefficient (Wildman–Crippen LogP) is 3.77. The van der Waals surface area contributed by atoms with Gasteiger partial charge in [0.25, 0.3) is 0 Å². The van der Waals surface area contributed by atoms with Crippen molar-refractivity contribution in [2.24, 2.45) is 11.8 Å². The third-order valence-corrected chi connectivity index (χ3v) is 3.74. The average molecular weight is 280 g/mol. The van der Waals surface area contributed by atoms with Crippen LogP contribution >= 0.6 is 0 Å². The summed E-state index contributed by atoms with van der Waals surface area (Å²) in [7, 11) is 0. The molecule has 1 aromatic carbocycles. The number of ether oxygens (including phenoxy) is 2. The van der Waals surface area contributed by atoms with Crippen LogP contribution in [0.5, 0.6) is 11.5 Å². The Morgan fingerprint density at radius 1 is 1.15 bits per heavy atom.